The van der Waals surface area contributed by atoms with E-state index in [0.717, 1.165) is 0 Å². The normalized spacial score (nSPS) is 10.4. The maximum Gasteiger partial charge on any atom is 0.333 e. The molecule has 0 unspecified atom stereocenters. The van der Waals surface area contributed by atoms with E-state index >= 15 is 0 Å². The van der Waals surface area contributed by atoms with Gasteiger partial charge in [0.25, 0.3) is 0 Å². The third-order valence-electron chi connectivity index (χ3n) is 3.75. The highest BCUT2D eigenvalue weighted by Crippen LogP contribution is 2.30. The predicted octanol–water partition coefficient (Wildman–Crippen LogP) is 3.40. The fourth-order valence-corrected chi connectivity index (χ4v) is 2.32. The van der Waals surface area contributed by atoms with Crippen molar-refractivity contribution in [2.24, 2.45) is 10.2 Å². The minimum Gasteiger partial charge on any atom is -0.460 e. The smallest absolute Gasteiger partial charge is 0.333 e. The molecular formula is C21H28N4O5. The number of esters is 2. The summed E-state index contributed by atoms with van der Waals surface area (Å²) in [7, 11) is 1.53. The Morgan fingerprint density at radius 1 is 1.00 bits per heavy atom. The summed E-state index contributed by atoms with van der Waals surface area (Å²) in [5, 5.41) is 10.5. The first kappa shape index (κ1) is 24.5. The van der Waals surface area contributed by atoms with Gasteiger partial charge in [0.15, 0.2) is 0 Å². The van der Waals surface area contributed by atoms with Gasteiger partial charge in [0, 0.05) is 30.8 Å². The molecule has 162 valence electrons. The van der Waals surface area contributed by atoms with E-state index in [1.807, 2.05) is 4.90 Å². The molecule has 1 aromatic carbocycles. The number of hydrogen-bond acceptors (Lipinski definition) is 8. The van der Waals surface area contributed by atoms with Crippen molar-refractivity contribution in [2.45, 2.75) is 20.8 Å². The molecule has 0 radical (unpaired) electrons. The summed E-state index contributed by atoms with van der Waals surface area (Å²) < 4.78 is 10.3. The van der Waals surface area contributed by atoms with Gasteiger partial charge < -0.3 is 19.7 Å². The molecule has 0 aromatic heterocycles. The summed E-state index contributed by atoms with van der Waals surface area (Å²) in [4.78, 5) is 36.7. The third-order valence-corrected chi connectivity index (χ3v) is 3.75. The topological polar surface area (TPSA) is 110 Å². The molecule has 0 fully saturated rings. The molecule has 0 spiro atoms. The number of rotatable bonds is 11. The Hall–Kier alpha value is -3.49. The number of ether oxygens (including phenoxy) is 2. The van der Waals surface area contributed by atoms with Gasteiger partial charge in [-0.1, -0.05) is 13.2 Å². The van der Waals surface area contributed by atoms with Crippen molar-refractivity contribution in [3.05, 3.63) is 42.5 Å². The Labute approximate surface area is 176 Å². The molecule has 1 rings (SSSR count). The first-order valence-corrected chi connectivity index (χ1v) is 9.27. The van der Waals surface area contributed by atoms with Crippen molar-refractivity contribution >= 4 is 34.9 Å². The van der Waals surface area contributed by atoms with E-state index in [4.69, 9.17) is 9.47 Å². The zero-order valence-corrected chi connectivity index (χ0v) is 17.9. The van der Waals surface area contributed by atoms with Crippen molar-refractivity contribution in [3.63, 3.8) is 0 Å². The summed E-state index contributed by atoms with van der Waals surface area (Å²) in [5.74, 6) is -1.22. The molecule has 0 saturated heterocycles. The van der Waals surface area contributed by atoms with Crippen molar-refractivity contribution in [2.75, 3.05) is 43.6 Å². The number of carbonyl (C=O) groups is 3. The van der Waals surface area contributed by atoms with E-state index in [0.29, 0.717) is 41.3 Å². The Balaban J connectivity index is 3.03. The molecule has 1 N–H and O–H groups in total. The summed E-state index contributed by atoms with van der Waals surface area (Å²) in [6.45, 7) is 12.5. The van der Waals surface area contributed by atoms with Crippen LogP contribution < -0.4 is 10.2 Å². The van der Waals surface area contributed by atoms with E-state index in [1.54, 1.807) is 32.0 Å². The summed E-state index contributed by atoms with van der Waals surface area (Å²) in [5.41, 5.74) is 2.30. The highest BCUT2D eigenvalue weighted by Gasteiger charge is 2.14. The number of anilines is 2. The largest absolute Gasteiger partial charge is 0.460 e. The van der Waals surface area contributed by atoms with Crippen LogP contribution in [-0.2, 0) is 23.9 Å². The van der Waals surface area contributed by atoms with Gasteiger partial charge in [-0.2, -0.15) is 10.2 Å². The van der Waals surface area contributed by atoms with Gasteiger partial charge in [-0.15, -0.1) is 0 Å². The SMILES string of the molecule is C=C(C)C(=O)OCCN(CCOC(=O)C(=C)C)c1ccc(N=NC)c(NC(C)=O)c1. The second kappa shape index (κ2) is 12.2. The summed E-state index contributed by atoms with van der Waals surface area (Å²) >= 11 is 0. The molecular weight excluding hydrogens is 388 g/mol. The van der Waals surface area contributed by atoms with E-state index in [-0.39, 0.29) is 19.1 Å². The van der Waals surface area contributed by atoms with Gasteiger partial charge in [-0.25, -0.2) is 9.59 Å². The van der Waals surface area contributed by atoms with E-state index < -0.39 is 11.9 Å². The van der Waals surface area contributed by atoms with E-state index in [1.165, 1.54) is 14.0 Å². The molecule has 9 nitrogen and oxygen atoms in total. The van der Waals surface area contributed by atoms with Gasteiger partial charge in [-0.3, -0.25) is 4.79 Å². The minimum atomic E-state index is -0.485. The second-order valence-electron chi connectivity index (χ2n) is 6.50. The average Bonchev–Trinajstić information content (AvgIpc) is 2.67. The maximum atomic E-state index is 11.6. The van der Waals surface area contributed by atoms with Gasteiger partial charge in [0.2, 0.25) is 5.91 Å². The Kier molecular flexibility index (Phi) is 9.94. The molecule has 0 saturated carbocycles. The van der Waals surface area contributed by atoms with Crippen LogP contribution >= 0.6 is 0 Å². The molecule has 1 aromatic rings. The Morgan fingerprint density at radius 2 is 1.53 bits per heavy atom. The lowest BCUT2D eigenvalue weighted by Crippen LogP contribution is -2.32. The average molecular weight is 416 g/mol. The summed E-state index contributed by atoms with van der Waals surface area (Å²) in [6, 6.07) is 5.23. The lowest BCUT2D eigenvalue weighted by atomic mass is 10.2. The zero-order valence-electron chi connectivity index (χ0n) is 17.9. The molecule has 0 heterocycles. The number of nitrogens with zero attached hydrogens (tertiary/aromatic N) is 3. The van der Waals surface area contributed by atoms with Crippen molar-refractivity contribution in [1.29, 1.82) is 0 Å². The van der Waals surface area contributed by atoms with Crippen LogP contribution in [0.15, 0.2) is 52.7 Å². The number of carbonyl (C=O) groups excluding carboxylic acids is 3. The standard InChI is InChI=1S/C21H28N4O5/c1-14(2)20(27)29-11-9-25(10-12-30-21(28)15(3)4)17-7-8-18(24-22-6)19(13-17)23-16(5)26/h7-8,13H,1,3,9-12H2,2,4-6H3,(H,23,26). The third kappa shape index (κ3) is 8.26. The number of azo groups is 1. The second-order valence-corrected chi connectivity index (χ2v) is 6.50. The van der Waals surface area contributed by atoms with Crippen LogP contribution in [0.1, 0.15) is 20.8 Å². The quantitative estimate of drug-likeness (QED) is 0.336. The molecule has 0 atom stereocenters. The molecule has 0 aliphatic rings. The van der Waals surface area contributed by atoms with Gasteiger partial charge >= 0.3 is 11.9 Å². The fraction of sp³-hybridized carbons (Fsp3) is 0.381. The molecule has 0 aliphatic heterocycles. The number of benzene rings is 1. The Bertz CT molecular complexity index is 816. The maximum absolute atomic E-state index is 11.6. The zero-order chi connectivity index (χ0) is 22.7. The lowest BCUT2D eigenvalue weighted by molar-refractivity contribution is -0.139. The number of hydrogen-bond donors (Lipinski definition) is 1. The number of amides is 1. The van der Waals surface area contributed by atoms with Crippen molar-refractivity contribution in [1.82, 2.24) is 0 Å². The van der Waals surface area contributed by atoms with Crippen LogP contribution in [0.25, 0.3) is 0 Å². The van der Waals surface area contributed by atoms with Crippen LogP contribution in [0.4, 0.5) is 17.1 Å². The predicted molar refractivity (Wildman–Crippen MR) is 115 cm³/mol. The molecule has 0 aliphatic carbocycles. The summed E-state index contributed by atoms with van der Waals surface area (Å²) in [6.07, 6.45) is 0. The van der Waals surface area contributed by atoms with Crippen LogP contribution in [0.3, 0.4) is 0 Å². The van der Waals surface area contributed by atoms with Gasteiger partial charge in [-0.05, 0) is 32.0 Å². The minimum absolute atomic E-state index is 0.103. The molecule has 9 heteroatoms. The van der Waals surface area contributed by atoms with Crippen molar-refractivity contribution < 1.29 is 23.9 Å². The van der Waals surface area contributed by atoms with Crippen LogP contribution in [0.5, 0.6) is 0 Å². The Morgan fingerprint density at radius 3 is 1.97 bits per heavy atom. The fourth-order valence-electron chi connectivity index (χ4n) is 2.32. The molecule has 1 amide bonds. The van der Waals surface area contributed by atoms with Crippen molar-refractivity contribution in [3.8, 4) is 0 Å². The highest BCUT2D eigenvalue weighted by molar-refractivity contribution is 5.93. The van der Waals surface area contributed by atoms with E-state index in [9.17, 15) is 14.4 Å². The van der Waals surface area contributed by atoms with Gasteiger partial charge in [0.05, 0.1) is 18.8 Å². The lowest BCUT2D eigenvalue weighted by Gasteiger charge is -2.25. The van der Waals surface area contributed by atoms with E-state index in [2.05, 4.69) is 28.7 Å². The number of nitrogens with one attached hydrogen (secondary N) is 1. The molecule has 0 bridgehead atoms. The highest BCUT2D eigenvalue weighted by atomic mass is 16.5. The van der Waals surface area contributed by atoms with Gasteiger partial charge in [0.1, 0.15) is 18.9 Å². The first-order valence-electron chi connectivity index (χ1n) is 9.27. The van der Waals surface area contributed by atoms with Crippen LogP contribution in [0, 0.1) is 0 Å². The van der Waals surface area contributed by atoms with Crippen LogP contribution in [0.2, 0.25) is 0 Å². The van der Waals surface area contributed by atoms with Crippen LogP contribution in [-0.4, -0.2) is 51.2 Å². The first-order chi connectivity index (χ1) is 14.1. The molecule has 30 heavy (non-hydrogen) atoms. The monoisotopic (exact) mass is 416 g/mol.